The number of hydrogen-bond acceptors (Lipinski definition) is 3. The second-order valence-electron chi connectivity index (χ2n) is 9.81. The smallest absolute Gasteiger partial charge is 0.331 e. The fourth-order valence-electron chi connectivity index (χ4n) is 4.69. The van der Waals surface area contributed by atoms with E-state index in [1.165, 1.54) is 13.1 Å². The van der Waals surface area contributed by atoms with Gasteiger partial charge in [-0.05, 0) is 30.2 Å². The van der Waals surface area contributed by atoms with Crippen molar-refractivity contribution in [2.45, 2.75) is 46.3 Å². The van der Waals surface area contributed by atoms with Crippen LogP contribution in [0, 0.1) is 24.2 Å². The average molecular weight is 424 g/mol. The number of piperidine rings is 1. The highest BCUT2D eigenvalue weighted by atomic mass is 19.4. The summed E-state index contributed by atoms with van der Waals surface area (Å²) in [5.74, 6) is 1.81. The topological polar surface area (TPSA) is 34.0 Å². The lowest BCUT2D eigenvalue weighted by atomic mass is 9.92. The number of halogens is 4. The number of pyridine rings is 1. The molecule has 3 atom stereocenters. The maximum Gasteiger partial charge on any atom is 0.418 e. The van der Waals surface area contributed by atoms with Gasteiger partial charge in [0.05, 0.1) is 11.3 Å². The Hall–Kier alpha value is -1.96. The van der Waals surface area contributed by atoms with Gasteiger partial charge in [-0.15, -0.1) is 0 Å². The van der Waals surface area contributed by atoms with Crippen LogP contribution in [0.15, 0.2) is 18.5 Å². The Kier molecular flexibility index (Phi) is 5.19. The molecule has 0 N–H and O–H groups in total. The highest BCUT2D eigenvalue weighted by Crippen LogP contribution is 2.56. The van der Waals surface area contributed by atoms with E-state index in [9.17, 15) is 17.6 Å². The number of aryl methyl sites for hydroxylation is 1. The quantitative estimate of drug-likeness (QED) is 0.638. The number of aromatic nitrogens is 3. The number of likely N-dealkylation sites (tertiary alicyclic amines) is 1. The van der Waals surface area contributed by atoms with Gasteiger partial charge >= 0.3 is 6.18 Å². The van der Waals surface area contributed by atoms with Crippen molar-refractivity contribution in [3.8, 4) is 11.3 Å². The van der Waals surface area contributed by atoms with Crippen molar-refractivity contribution in [2.24, 2.45) is 17.3 Å². The van der Waals surface area contributed by atoms with E-state index in [0.717, 1.165) is 31.4 Å². The third kappa shape index (κ3) is 4.11. The zero-order valence-corrected chi connectivity index (χ0v) is 17.8. The molecule has 3 heterocycles. The highest BCUT2D eigenvalue weighted by molar-refractivity contribution is 5.59. The van der Waals surface area contributed by atoms with Gasteiger partial charge in [0, 0.05) is 55.7 Å². The Balaban J connectivity index is 1.66. The molecular formula is C22H28F4N4. The van der Waals surface area contributed by atoms with E-state index < -0.39 is 11.7 Å². The molecule has 0 radical (unpaired) electrons. The van der Waals surface area contributed by atoms with Gasteiger partial charge in [0.1, 0.15) is 12.5 Å². The van der Waals surface area contributed by atoms with Crippen LogP contribution in [-0.2, 0) is 12.6 Å². The first kappa shape index (κ1) is 21.3. The maximum absolute atomic E-state index is 13.3. The Morgan fingerprint density at radius 3 is 2.37 bits per heavy atom. The van der Waals surface area contributed by atoms with Crippen molar-refractivity contribution in [1.29, 1.82) is 0 Å². The summed E-state index contributed by atoms with van der Waals surface area (Å²) in [4.78, 5) is 10.9. The molecular weight excluding hydrogens is 396 g/mol. The van der Waals surface area contributed by atoms with Gasteiger partial charge in [-0.3, -0.25) is 4.98 Å². The molecule has 2 aromatic rings. The first-order valence-corrected chi connectivity index (χ1v) is 10.4. The molecule has 0 bridgehead atoms. The van der Waals surface area contributed by atoms with Crippen molar-refractivity contribution >= 4 is 0 Å². The minimum Gasteiger partial charge on any atom is -0.331 e. The van der Waals surface area contributed by atoms with Crippen molar-refractivity contribution < 1.29 is 17.6 Å². The number of fused-ring (bicyclic) bond motifs is 1. The normalized spacial score (nSPS) is 24.3. The van der Waals surface area contributed by atoms with E-state index in [0.29, 0.717) is 35.7 Å². The van der Waals surface area contributed by atoms with Crippen LogP contribution in [0.5, 0.6) is 0 Å². The number of rotatable bonds is 5. The van der Waals surface area contributed by atoms with Crippen LogP contribution in [0.2, 0.25) is 0 Å². The summed E-state index contributed by atoms with van der Waals surface area (Å²) < 4.78 is 54.9. The summed E-state index contributed by atoms with van der Waals surface area (Å²) in [5, 5.41) is 0. The molecule has 2 aromatic heterocycles. The Morgan fingerprint density at radius 1 is 1.13 bits per heavy atom. The van der Waals surface area contributed by atoms with Crippen molar-refractivity contribution in [1.82, 2.24) is 19.4 Å². The van der Waals surface area contributed by atoms with Gasteiger partial charge in [0.25, 0.3) is 0 Å². The van der Waals surface area contributed by atoms with Crippen LogP contribution < -0.4 is 0 Å². The minimum absolute atomic E-state index is 0.00665. The third-order valence-corrected chi connectivity index (χ3v) is 6.13. The molecule has 1 aliphatic heterocycles. The lowest BCUT2D eigenvalue weighted by molar-refractivity contribution is -0.138. The largest absolute Gasteiger partial charge is 0.418 e. The summed E-state index contributed by atoms with van der Waals surface area (Å²) in [5.41, 5.74) is 0.139. The van der Waals surface area contributed by atoms with Crippen LogP contribution >= 0.6 is 0 Å². The Morgan fingerprint density at radius 2 is 1.80 bits per heavy atom. The molecule has 1 saturated heterocycles. The van der Waals surface area contributed by atoms with Crippen molar-refractivity contribution in [2.75, 3.05) is 26.3 Å². The van der Waals surface area contributed by atoms with Gasteiger partial charge in [0.2, 0.25) is 0 Å². The number of imidazole rings is 1. The van der Waals surface area contributed by atoms with E-state index in [2.05, 4.69) is 35.2 Å². The second kappa shape index (κ2) is 7.32. The van der Waals surface area contributed by atoms with Gasteiger partial charge in [-0.1, -0.05) is 20.8 Å². The molecule has 0 aromatic carbocycles. The summed E-state index contributed by atoms with van der Waals surface area (Å²) in [6.07, 6.45) is -0.370. The predicted molar refractivity (Wildman–Crippen MR) is 107 cm³/mol. The molecule has 4 rings (SSSR count). The first-order valence-electron chi connectivity index (χ1n) is 10.4. The van der Waals surface area contributed by atoms with E-state index in [1.807, 2.05) is 6.20 Å². The van der Waals surface area contributed by atoms with Crippen molar-refractivity contribution in [3.05, 3.63) is 35.5 Å². The second-order valence-corrected chi connectivity index (χ2v) is 9.81. The van der Waals surface area contributed by atoms with E-state index in [4.69, 9.17) is 4.98 Å². The van der Waals surface area contributed by atoms with Crippen LogP contribution in [-0.4, -0.2) is 45.7 Å². The maximum atomic E-state index is 13.3. The van der Waals surface area contributed by atoms with E-state index in [1.54, 1.807) is 0 Å². The van der Waals surface area contributed by atoms with Crippen LogP contribution in [0.25, 0.3) is 11.3 Å². The summed E-state index contributed by atoms with van der Waals surface area (Å²) in [7, 11) is 0. The average Bonchev–Trinajstić information content (AvgIpc) is 2.96. The molecule has 1 aliphatic carbocycles. The van der Waals surface area contributed by atoms with Gasteiger partial charge in [-0.25, -0.2) is 9.37 Å². The molecule has 2 fully saturated rings. The Bertz CT molecular complexity index is 916. The number of alkyl halides is 4. The lowest BCUT2D eigenvalue weighted by Crippen LogP contribution is -2.27. The molecule has 164 valence electrons. The monoisotopic (exact) mass is 424 g/mol. The molecule has 30 heavy (non-hydrogen) atoms. The van der Waals surface area contributed by atoms with E-state index >= 15 is 0 Å². The fraction of sp³-hybridized carbons (Fsp3) is 0.636. The molecule has 8 heteroatoms. The molecule has 4 nitrogen and oxygen atoms in total. The summed E-state index contributed by atoms with van der Waals surface area (Å²) in [6.45, 7) is 9.60. The molecule has 0 amide bonds. The standard InChI is InChI=1S/C22H28F4N4/c1-13-17(22(24,25)26)7-14(9-27-13)18-12-30(19(28-18)8-21(2,3)4)20-15-10-29(6-5-23)11-16(15)20/h7,9,12,15-16,20H,5-6,8,10-11H2,1-4H3/t15-,16+,20+. The fourth-order valence-corrected chi connectivity index (χ4v) is 4.69. The molecule has 2 aliphatic rings. The molecule has 0 spiro atoms. The number of nitrogens with zero attached hydrogens (tertiary/aromatic N) is 4. The SMILES string of the molecule is Cc1ncc(-c2cn([C@H]3[C@@H]4CN(CCF)C[C@@H]43)c(CC(C)(C)C)n2)cc1C(F)(F)F. The molecule has 1 saturated carbocycles. The minimum atomic E-state index is -4.45. The first-order chi connectivity index (χ1) is 14.0. The van der Waals surface area contributed by atoms with Crippen molar-refractivity contribution in [3.63, 3.8) is 0 Å². The predicted octanol–water partition coefficient (Wildman–Crippen LogP) is 4.93. The highest BCUT2D eigenvalue weighted by Gasteiger charge is 2.57. The van der Waals surface area contributed by atoms with Crippen LogP contribution in [0.4, 0.5) is 17.6 Å². The zero-order valence-electron chi connectivity index (χ0n) is 17.8. The van der Waals surface area contributed by atoms with E-state index in [-0.39, 0.29) is 17.8 Å². The summed E-state index contributed by atoms with van der Waals surface area (Å²) in [6, 6.07) is 1.44. The van der Waals surface area contributed by atoms with Gasteiger partial charge < -0.3 is 9.47 Å². The van der Waals surface area contributed by atoms with Crippen LogP contribution in [0.1, 0.15) is 43.9 Å². The zero-order chi connectivity index (χ0) is 21.8. The molecule has 0 unspecified atom stereocenters. The van der Waals surface area contributed by atoms with Gasteiger partial charge in [0.15, 0.2) is 0 Å². The van der Waals surface area contributed by atoms with Gasteiger partial charge in [-0.2, -0.15) is 13.2 Å². The summed E-state index contributed by atoms with van der Waals surface area (Å²) >= 11 is 0. The Labute approximate surface area is 174 Å². The number of hydrogen-bond donors (Lipinski definition) is 0. The van der Waals surface area contributed by atoms with Crippen LogP contribution in [0.3, 0.4) is 0 Å². The third-order valence-electron chi connectivity index (χ3n) is 6.13. The lowest BCUT2D eigenvalue weighted by Gasteiger charge is -2.21.